The van der Waals surface area contributed by atoms with Crippen LogP contribution in [0.25, 0.3) is 16.8 Å². The predicted octanol–water partition coefficient (Wildman–Crippen LogP) is 5.64. The quantitative estimate of drug-likeness (QED) is 0.233. The number of rotatable bonds is 12. The maximum Gasteiger partial charge on any atom is 0.228 e. The Labute approximate surface area is 244 Å². The molecule has 9 nitrogen and oxygen atoms in total. The van der Waals surface area contributed by atoms with Crippen LogP contribution < -0.4 is 10.6 Å². The van der Waals surface area contributed by atoms with Gasteiger partial charge in [-0.15, -0.1) is 0 Å². The van der Waals surface area contributed by atoms with Crippen LogP contribution in [0.5, 0.6) is 0 Å². The van der Waals surface area contributed by atoms with Gasteiger partial charge in [-0.1, -0.05) is 51.5 Å². The van der Waals surface area contributed by atoms with Gasteiger partial charge in [0.25, 0.3) is 0 Å². The summed E-state index contributed by atoms with van der Waals surface area (Å²) in [6.45, 7) is 8.22. The molecule has 1 aromatic carbocycles. The molecule has 0 saturated heterocycles. The van der Waals surface area contributed by atoms with Crippen LogP contribution in [0, 0.1) is 11.8 Å². The monoisotopic (exact) mass is 556 g/mol. The number of hydrogen-bond donors (Lipinski definition) is 2. The van der Waals surface area contributed by atoms with Crippen LogP contribution in [-0.2, 0) is 37.6 Å². The fraction of sp³-hybridized carbons (Fsp3) is 0.438. The number of allylic oxidation sites excluding steroid dienone is 1. The van der Waals surface area contributed by atoms with Crippen molar-refractivity contribution in [3.63, 3.8) is 0 Å². The van der Waals surface area contributed by atoms with Crippen molar-refractivity contribution in [2.75, 3.05) is 26.1 Å². The number of anilines is 2. The van der Waals surface area contributed by atoms with Crippen LogP contribution in [0.3, 0.4) is 0 Å². The molecule has 0 saturated carbocycles. The molecule has 2 atom stereocenters. The first kappa shape index (κ1) is 28.5. The maximum absolute atomic E-state index is 5.16. The normalized spacial score (nSPS) is 14.3. The van der Waals surface area contributed by atoms with E-state index in [-0.39, 0.29) is 1.43 Å². The van der Waals surface area contributed by atoms with E-state index in [1.165, 1.54) is 22.4 Å². The molecule has 2 unspecified atom stereocenters. The lowest BCUT2D eigenvalue weighted by Gasteiger charge is -2.23. The van der Waals surface area contributed by atoms with E-state index >= 15 is 0 Å². The van der Waals surface area contributed by atoms with Gasteiger partial charge in [-0.05, 0) is 46.9 Å². The first-order chi connectivity index (χ1) is 19.9. The minimum Gasteiger partial charge on any atom is -0.394 e. The molecule has 0 spiro atoms. The van der Waals surface area contributed by atoms with Crippen molar-refractivity contribution in [3.05, 3.63) is 77.0 Å². The molecule has 3 heterocycles. The molecule has 0 aliphatic heterocycles. The number of aromatic nitrogens is 6. The summed E-state index contributed by atoms with van der Waals surface area (Å²) in [6.07, 6.45) is 9.71. The van der Waals surface area contributed by atoms with Crippen LogP contribution in [0.4, 0.5) is 11.8 Å². The van der Waals surface area contributed by atoms with Crippen LogP contribution in [-0.4, -0.2) is 50.3 Å². The standard InChI is InChI=1S/C32H42N8O.H2/c1-7-21(2)22(3)26(20-33-4)24-10-8-9-23(17-24)18-28-30-27(37-39(28)5)12-11-25-19-34-32(36-31(25)30)35-29-13-14-40(38-29)15-16-41-6;/h8-10,13-14,17,19-22,33H,7,11-12,15-16,18H2,1-6H3,(H,34,35,36,38);1H/b26-20+;. The Bertz CT molecular complexity index is 1520. The van der Waals surface area contributed by atoms with E-state index in [2.05, 4.69) is 72.0 Å². The molecule has 41 heavy (non-hydrogen) atoms. The van der Waals surface area contributed by atoms with E-state index in [0.29, 0.717) is 36.8 Å². The third-order valence-electron chi connectivity index (χ3n) is 8.30. The summed E-state index contributed by atoms with van der Waals surface area (Å²) >= 11 is 0. The lowest BCUT2D eigenvalue weighted by Crippen LogP contribution is -2.12. The van der Waals surface area contributed by atoms with Crippen LogP contribution in [0.1, 0.15) is 56.7 Å². The van der Waals surface area contributed by atoms with Crippen molar-refractivity contribution < 1.29 is 6.16 Å². The first-order valence-electron chi connectivity index (χ1n) is 14.6. The van der Waals surface area contributed by atoms with Gasteiger partial charge in [0.1, 0.15) is 0 Å². The lowest BCUT2D eigenvalue weighted by atomic mass is 9.83. The van der Waals surface area contributed by atoms with E-state index in [4.69, 9.17) is 14.8 Å². The Morgan fingerprint density at radius 1 is 1.20 bits per heavy atom. The topological polar surface area (TPSA) is 94.7 Å². The molecule has 9 heteroatoms. The van der Waals surface area contributed by atoms with Crippen LogP contribution in [0.15, 0.2) is 48.9 Å². The molecule has 1 aliphatic carbocycles. The third kappa shape index (κ3) is 6.20. The predicted molar refractivity (Wildman–Crippen MR) is 166 cm³/mol. The Morgan fingerprint density at radius 2 is 2.05 bits per heavy atom. The molecule has 0 bridgehead atoms. The average Bonchev–Trinajstić information content (AvgIpc) is 3.57. The van der Waals surface area contributed by atoms with Crippen molar-refractivity contribution in [1.29, 1.82) is 0 Å². The third-order valence-corrected chi connectivity index (χ3v) is 8.30. The van der Waals surface area contributed by atoms with Crippen molar-refractivity contribution in [1.82, 2.24) is 34.8 Å². The Kier molecular flexibility index (Phi) is 8.83. The van der Waals surface area contributed by atoms with Crippen molar-refractivity contribution in [2.45, 2.75) is 53.0 Å². The highest BCUT2D eigenvalue weighted by molar-refractivity contribution is 5.73. The molecule has 4 aromatic rings. The lowest BCUT2D eigenvalue weighted by molar-refractivity contribution is 0.183. The number of nitrogens with zero attached hydrogens (tertiary/aromatic N) is 6. The molecule has 5 rings (SSSR count). The second-order valence-electron chi connectivity index (χ2n) is 11.0. The number of hydrogen-bond acceptors (Lipinski definition) is 7. The van der Waals surface area contributed by atoms with Gasteiger partial charge in [0, 0.05) is 59.3 Å². The molecular weight excluding hydrogens is 512 g/mol. The van der Waals surface area contributed by atoms with Crippen LogP contribution >= 0.6 is 0 Å². The molecule has 2 N–H and O–H groups in total. The Hall–Kier alpha value is -3.98. The maximum atomic E-state index is 5.16. The number of nitrogens with one attached hydrogen (secondary N) is 2. The molecule has 0 radical (unpaired) electrons. The Balaban J connectivity index is 0.00000405. The van der Waals surface area contributed by atoms with Gasteiger partial charge in [0.2, 0.25) is 5.95 Å². The fourth-order valence-electron chi connectivity index (χ4n) is 5.59. The smallest absolute Gasteiger partial charge is 0.228 e. The fourth-order valence-corrected chi connectivity index (χ4v) is 5.59. The van der Waals surface area contributed by atoms with Gasteiger partial charge in [-0.2, -0.15) is 10.2 Å². The summed E-state index contributed by atoms with van der Waals surface area (Å²) in [5.41, 5.74) is 9.37. The summed E-state index contributed by atoms with van der Waals surface area (Å²) in [7, 11) is 5.71. The summed E-state index contributed by atoms with van der Waals surface area (Å²) in [6, 6.07) is 10.9. The van der Waals surface area contributed by atoms with Crippen molar-refractivity contribution >= 4 is 17.3 Å². The zero-order valence-corrected chi connectivity index (χ0v) is 25.1. The second kappa shape index (κ2) is 12.7. The average molecular weight is 557 g/mol. The minimum atomic E-state index is 0. The SMILES string of the molecule is CCC(C)C(C)/C(=C\NC)c1cccc(Cc2c3c(nn2C)CCc2cnc(Nc4ccn(CCOC)n4)nc2-3)c1.[HH]. The number of benzene rings is 1. The molecule has 218 valence electrons. The van der Waals surface area contributed by atoms with E-state index in [1.807, 2.05) is 41.9 Å². The highest BCUT2D eigenvalue weighted by Gasteiger charge is 2.27. The summed E-state index contributed by atoms with van der Waals surface area (Å²) in [5.74, 6) is 2.29. The molecule has 0 amide bonds. The van der Waals surface area contributed by atoms with Gasteiger partial charge in [0.15, 0.2) is 5.82 Å². The van der Waals surface area contributed by atoms with Crippen LogP contribution in [0.2, 0.25) is 0 Å². The molecular formula is C32H44N8O. The zero-order valence-electron chi connectivity index (χ0n) is 25.1. The molecule has 1 aliphatic rings. The second-order valence-corrected chi connectivity index (χ2v) is 11.0. The van der Waals surface area contributed by atoms with Crippen molar-refractivity contribution in [2.24, 2.45) is 18.9 Å². The number of aryl methyl sites for hydroxylation is 3. The molecule has 3 aromatic heterocycles. The largest absolute Gasteiger partial charge is 0.394 e. The zero-order chi connectivity index (χ0) is 28.9. The summed E-state index contributed by atoms with van der Waals surface area (Å²) in [4.78, 5) is 9.59. The number of methoxy groups -OCH3 is 1. The van der Waals surface area contributed by atoms with E-state index in [0.717, 1.165) is 48.2 Å². The first-order valence-corrected chi connectivity index (χ1v) is 14.6. The Morgan fingerprint density at radius 3 is 2.83 bits per heavy atom. The summed E-state index contributed by atoms with van der Waals surface area (Å²) in [5, 5.41) is 16.0. The van der Waals surface area contributed by atoms with Gasteiger partial charge < -0.3 is 15.4 Å². The highest BCUT2D eigenvalue weighted by Crippen LogP contribution is 2.36. The minimum absolute atomic E-state index is 0. The van der Waals surface area contributed by atoms with Gasteiger partial charge in [-0.25, -0.2) is 9.97 Å². The molecule has 0 fully saturated rings. The van der Waals surface area contributed by atoms with Gasteiger partial charge in [-0.3, -0.25) is 9.36 Å². The highest BCUT2D eigenvalue weighted by atomic mass is 16.5. The van der Waals surface area contributed by atoms with Crippen molar-refractivity contribution in [3.8, 4) is 11.3 Å². The van der Waals surface area contributed by atoms with Gasteiger partial charge in [0.05, 0.1) is 30.2 Å². The van der Waals surface area contributed by atoms with E-state index in [9.17, 15) is 0 Å². The van der Waals surface area contributed by atoms with E-state index in [1.54, 1.807) is 7.11 Å². The number of fused-ring (bicyclic) bond motifs is 3. The van der Waals surface area contributed by atoms with Gasteiger partial charge >= 0.3 is 0 Å². The number of ether oxygens (including phenoxy) is 1. The summed E-state index contributed by atoms with van der Waals surface area (Å²) < 4.78 is 9.04. The van der Waals surface area contributed by atoms with E-state index < -0.39 is 0 Å².